The molecule has 13 heteroatoms. The normalized spacial score (nSPS) is 22.3. The van der Waals surface area contributed by atoms with Gasteiger partial charge in [0.15, 0.2) is 6.04 Å². The van der Waals surface area contributed by atoms with E-state index in [4.69, 9.17) is 21.1 Å². The summed E-state index contributed by atoms with van der Waals surface area (Å²) in [5.41, 5.74) is 6.18. The fourth-order valence-corrected chi connectivity index (χ4v) is 10.6. The zero-order valence-corrected chi connectivity index (χ0v) is 36.6. The lowest BCUT2D eigenvalue weighted by molar-refractivity contribution is -0.144. The molecule has 3 aromatic carbocycles. The molecule has 3 aliphatic carbocycles. The van der Waals surface area contributed by atoms with Crippen molar-refractivity contribution in [1.82, 2.24) is 20.5 Å². The van der Waals surface area contributed by atoms with Crippen LogP contribution in [0.1, 0.15) is 112 Å². The summed E-state index contributed by atoms with van der Waals surface area (Å²) in [6.07, 6.45) is 13.0. The van der Waals surface area contributed by atoms with Crippen LogP contribution in [-0.2, 0) is 32.6 Å². The number of nitrogens with zero attached hydrogens (tertiary/aromatic N) is 2. The molecule has 1 spiro atoms. The lowest BCUT2D eigenvalue weighted by Crippen LogP contribution is -2.53. The minimum absolute atomic E-state index is 0.0836. The van der Waals surface area contributed by atoms with Gasteiger partial charge >= 0.3 is 11.9 Å². The highest BCUT2D eigenvalue weighted by molar-refractivity contribution is 6.30. The fourth-order valence-electron chi connectivity index (χ4n) is 10.4. The number of carboxylic acid groups (broad SMARTS) is 2. The summed E-state index contributed by atoms with van der Waals surface area (Å²) >= 11 is 6.31. The van der Waals surface area contributed by atoms with Gasteiger partial charge in [0.05, 0.1) is 19.4 Å². The molecule has 330 valence electrons. The van der Waals surface area contributed by atoms with Crippen molar-refractivity contribution < 1.29 is 34.1 Å². The highest BCUT2D eigenvalue weighted by Gasteiger charge is 2.54. The first-order valence-corrected chi connectivity index (χ1v) is 22.6. The van der Waals surface area contributed by atoms with Crippen LogP contribution < -0.4 is 20.1 Å². The van der Waals surface area contributed by atoms with Crippen LogP contribution in [0.2, 0.25) is 5.02 Å². The summed E-state index contributed by atoms with van der Waals surface area (Å²) in [5, 5.41) is 34.1. The first kappa shape index (κ1) is 43.8. The van der Waals surface area contributed by atoms with E-state index in [0.717, 1.165) is 54.7 Å². The van der Waals surface area contributed by atoms with Gasteiger partial charge in [0.1, 0.15) is 17.0 Å². The number of carbonyl (C=O) groups excluding carboxylic acids is 1. The molecular weight excluding hydrogens is 818 g/mol. The molecule has 8 rings (SSSR count). The first-order valence-electron chi connectivity index (χ1n) is 22.2. The van der Waals surface area contributed by atoms with Gasteiger partial charge in [-0.2, -0.15) is 5.10 Å². The van der Waals surface area contributed by atoms with Crippen LogP contribution in [-0.4, -0.2) is 62.0 Å². The molecule has 1 amide bonds. The van der Waals surface area contributed by atoms with Crippen molar-refractivity contribution in [2.24, 2.45) is 11.8 Å². The molecule has 5 N–H and O–H groups in total. The summed E-state index contributed by atoms with van der Waals surface area (Å²) < 4.78 is 12.9. The predicted molar refractivity (Wildman–Crippen MR) is 241 cm³/mol. The standard InChI is InChI=1S/C50H56ClN5O7/c1-31(30-63-43-16-21-52-42-12-3-7-32(2)45(42)43)23-37-25-34-14-15-40(27-41(34)49(37)17-19-50(20-18-49,48(60)61)56-39-11-5-10-38(51)26-39)62-22-6-13-44(57)55-46(47(58)59)35-9-4-8-33(24-35)36-28-53-54-29-36/h4-5,8-11,14-16,21,24,26-29,31-32,37,46,56H,3,6-7,12-13,17-20,22-23,25,30H2,1-2H3,(H,53,54)(H,55,57)(H,58,59)(H,60,61)/t31-,32-,37+,46-,49?,50?/m1/s1. The number of carbonyl (C=O) groups is 3. The highest BCUT2D eigenvalue weighted by Crippen LogP contribution is 2.57. The lowest BCUT2D eigenvalue weighted by Gasteiger charge is -2.47. The number of H-pyrrole nitrogens is 1. The minimum Gasteiger partial charge on any atom is -0.494 e. The third kappa shape index (κ3) is 9.56. The van der Waals surface area contributed by atoms with Crippen LogP contribution in [0.15, 0.2) is 91.4 Å². The van der Waals surface area contributed by atoms with Gasteiger partial charge in [-0.25, -0.2) is 9.59 Å². The van der Waals surface area contributed by atoms with Crippen molar-refractivity contribution in [3.8, 4) is 22.6 Å². The summed E-state index contributed by atoms with van der Waals surface area (Å²) in [7, 11) is 0. The zero-order chi connectivity index (χ0) is 44.1. The van der Waals surface area contributed by atoms with Gasteiger partial charge in [-0.3, -0.25) is 14.9 Å². The van der Waals surface area contributed by atoms with Crippen LogP contribution in [0.25, 0.3) is 11.1 Å². The zero-order valence-electron chi connectivity index (χ0n) is 35.9. The maximum atomic E-state index is 13.1. The number of aromatic nitrogens is 3. The van der Waals surface area contributed by atoms with E-state index in [2.05, 4.69) is 51.8 Å². The Morgan fingerprint density at radius 3 is 2.57 bits per heavy atom. The molecule has 5 aromatic rings. The van der Waals surface area contributed by atoms with Gasteiger partial charge < -0.3 is 30.3 Å². The Morgan fingerprint density at radius 2 is 1.81 bits per heavy atom. The quantitative estimate of drug-likeness (QED) is 0.0566. The molecule has 0 unspecified atom stereocenters. The number of fused-ring (bicyclic) bond motifs is 3. The number of hydrogen-bond donors (Lipinski definition) is 5. The number of ether oxygens (including phenoxy) is 2. The average molecular weight is 874 g/mol. The molecule has 0 saturated heterocycles. The number of benzene rings is 3. The average Bonchev–Trinajstić information content (AvgIpc) is 3.91. The van der Waals surface area contributed by atoms with E-state index in [1.54, 1.807) is 42.7 Å². The molecule has 0 bridgehead atoms. The first-order chi connectivity index (χ1) is 30.4. The fraction of sp³-hybridized carbons (Fsp3) is 0.420. The van der Waals surface area contributed by atoms with E-state index in [9.17, 15) is 24.6 Å². The third-order valence-electron chi connectivity index (χ3n) is 13.7. The number of pyridine rings is 1. The topological polar surface area (TPSA) is 176 Å². The second-order valence-corrected chi connectivity index (χ2v) is 18.4. The van der Waals surface area contributed by atoms with E-state index < -0.39 is 23.5 Å². The molecular formula is C50H56ClN5O7. The molecule has 4 atom stereocenters. The van der Waals surface area contributed by atoms with Gasteiger partial charge in [-0.15, -0.1) is 0 Å². The van der Waals surface area contributed by atoms with Gasteiger partial charge in [0.25, 0.3) is 0 Å². The Hall–Kier alpha value is -5.88. The lowest BCUT2D eigenvalue weighted by atomic mass is 9.59. The number of carboxylic acids is 2. The number of halogens is 1. The Bertz CT molecular complexity index is 2430. The largest absolute Gasteiger partial charge is 0.494 e. The van der Waals surface area contributed by atoms with E-state index in [1.807, 2.05) is 36.5 Å². The van der Waals surface area contributed by atoms with Gasteiger partial charge in [-0.05, 0) is 152 Å². The summed E-state index contributed by atoms with van der Waals surface area (Å²) in [6, 6.07) is 21.3. The molecule has 3 aliphatic rings. The van der Waals surface area contributed by atoms with Crippen molar-refractivity contribution in [1.29, 1.82) is 0 Å². The number of anilines is 1. The summed E-state index contributed by atoms with van der Waals surface area (Å²) in [6.45, 7) is 5.34. The molecule has 0 radical (unpaired) electrons. The van der Waals surface area contributed by atoms with Crippen molar-refractivity contribution in [3.05, 3.63) is 124 Å². The maximum absolute atomic E-state index is 13.1. The van der Waals surface area contributed by atoms with Crippen molar-refractivity contribution in [2.75, 3.05) is 18.5 Å². The number of rotatable bonds is 17. The maximum Gasteiger partial charge on any atom is 0.330 e. The van der Waals surface area contributed by atoms with Crippen molar-refractivity contribution >= 4 is 35.1 Å². The van der Waals surface area contributed by atoms with Gasteiger partial charge in [-0.1, -0.05) is 55.8 Å². The second-order valence-electron chi connectivity index (χ2n) is 17.9. The molecule has 63 heavy (non-hydrogen) atoms. The van der Waals surface area contributed by atoms with Crippen LogP contribution in [0.4, 0.5) is 5.69 Å². The molecule has 1 saturated carbocycles. The van der Waals surface area contributed by atoms with E-state index in [0.29, 0.717) is 66.7 Å². The highest BCUT2D eigenvalue weighted by atomic mass is 35.5. The SMILES string of the molecule is C[C@@H](COc1ccnc2c1[C@H](C)CCC2)C[C@H]1Cc2ccc(OCCCC(=O)N[C@@H](C(=O)O)c3cccc(-c4cn[nH]c4)c3)cc2C12CCC(Nc1cccc(Cl)c1)(C(=O)O)CC2. The molecule has 0 aliphatic heterocycles. The molecule has 1 fully saturated rings. The van der Waals surface area contributed by atoms with Crippen molar-refractivity contribution in [3.63, 3.8) is 0 Å². The number of aliphatic carboxylic acids is 2. The number of aryl methyl sites for hydroxylation is 1. The predicted octanol–water partition coefficient (Wildman–Crippen LogP) is 9.69. The third-order valence-corrected chi connectivity index (χ3v) is 13.9. The van der Waals surface area contributed by atoms with Crippen LogP contribution in [0.5, 0.6) is 11.5 Å². The number of hydrogen-bond acceptors (Lipinski definition) is 8. The molecule has 2 heterocycles. The van der Waals surface area contributed by atoms with E-state index >= 15 is 0 Å². The second kappa shape index (κ2) is 18.8. The van der Waals surface area contributed by atoms with Gasteiger partial charge in [0, 0.05) is 46.3 Å². The molecule has 12 nitrogen and oxygen atoms in total. The number of aromatic amines is 1. The van der Waals surface area contributed by atoms with Gasteiger partial charge in [0.2, 0.25) is 5.91 Å². The minimum atomic E-state index is -1.21. The summed E-state index contributed by atoms with van der Waals surface area (Å²) in [5.74, 6) is 0.132. The Morgan fingerprint density at radius 1 is 0.984 bits per heavy atom. The van der Waals surface area contributed by atoms with Crippen LogP contribution in [0.3, 0.4) is 0 Å². The van der Waals surface area contributed by atoms with Crippen molar-refractivity contribution in [2.45, 2.75) is 107 Å². The Balaban J connectivity index is 0.951. The van der Waals surface area contributed by atoms with E-state index in [-0.39, 0.29) is 36.2 Å². The number of nitrogens with one attached hydrogen (secondary N) is 3. The number of amides is 1. The van der Waals surface area contributed by atoms with E-state index in [1.165, 1.54) is 16.7 Å². The monoisotopic (exact) mass is 873 g/mol. The Labute approximate surface area is 373 Å². The van der Waals surface area contributed by atoms with Crippen LogP contribution in [0, 0.1) is 11.8 Å². The molecule has 2 aromatic heterocycles. The smallest absolute Gasteiger partial charge is 0.330 e. The summed E-state index contributed by atoms with van der Waals surface area (Å²) in [4.78, 5) is 43.1. The van der Waals surface area contributed by atoms with Crippen LogP contribution >= 0.6 is 11.6 Å². The Kier molecular flexibility index (Phi) is 13.1.